The van der Waals surface area contributed by atoms with Crippen LogP contribution in [0.5, 0.6) is 0 Å². The van der Waals surface area contributed by atoms with E-state index in [2.05, 4.69) is 10.3 Å². The minimum Gasteiger partial charge on any atom is -0.339 e. The first-order valence-electron chi connectivity index (χ1n) is 7.66. The highest BCUT2D eigenvalue weighted by Gasteiger charge is 2.38. The fourth-order valence-corrected chi connectivity index (χ4v) is 3.96. The molecule has 2 amide bonds. The first kappa shape index (κ1) is 14.5. The van der Waals surface area contributed by atoms with E-state index in [4.69, 9.17) is 0 Å². The maximum atomic E-state index is 12.3. The molecular weight excluding hydrogens is 286 g/mol. The van der Waals surface area contributed by atoms with Crippen LogP contribution in [-0.4, -0.2) is 34.3 Å². The number of rotatable bonds is 3. The summed E-state index contributed by atoms with van der Waals surface area (Å²) in [4.78, 5) is 30.6. The van der Waals surface area contributed by atoms with Gasteiger partial charge >= 0.3 is 0 Å². The molecule has 6 heteroatoms. The molecular formula is C15H21N3O2S. The number of nitrogens with zero attached hydrogens (tertiary/aromatic N) is 2. The van der Waals surface area contributed by atoms with Crippen molar-refractivity contribution in [2.75, 3.05) is 11.9 Å². The third-order valence-corrected chi connectivity index (χ3v) is 5.27. The van der Waals surface area contributed by atoms with Gasteiger partial charge in [-0.1, -0.05) is 19.3 Å². The van der Waals surface area contributed by atoms with Gasteiger partial charge in [-0.05, 0) is 19.8 Å². The van der Waals surface area contributed by atoms with E-state index < -0.39 is 0 Å². The SMILES string of the molecule is Cc1csc(NC(=O)C2CC(=O)N(C3CCCCC3)C2)n1. The van der Waals surface area contributed by atoms with Gasteiger partial charge in [-0.2, -0.15) is 0 Å². The van der Waals surface area contributed by atoms with Crippen molar-refractivity contribution < 1.29 is 9.59 Å². The van der Waals surface area contributed by atoms with Gasteiger partial charge in [0.05, 0.1) is 11.6 Å². The van der Waals surface area contributed by atoms with Crippen molar-refractivity contribution in [1.82, 2.24) is 9.88 Å². The van der Waals surface area contributed by atoms with Crippen LogP contribution in [0.25, 0.3) is 0 Å². The molecule has 3 rings (SSSR count). The van der Waals surface area contributed by atoms with Gasteiger partial charge in [0.25, 0.3) is 0 Å². The Balaban J connectivity index is 1.59. The fourth-order valence-electron chi connectivity index (χ4n) is 3.27. The summed E-state index contributed by atoms with van der Waals surface area (Å²) in [5.41, 5.74) is 0.904. The number of nitrogens with one attached hydrogen (secondary N) is 1. The second-order valence-electron chi connectivity index (χ2n) is 6.02. The Morgan fingerprint density at radius 3 is 2.81 bits per heavy atom. The normalized spacial score (nSPS) is 23.6. The summed E-state index contributed by atoms with van der Waals surface area (Å²) < 4.78 is 0. The molecule has 1 saturated heterocycles. The lowest BCUT2D eigenvalue weighted by molar-refractivity contribution is -0.130. The zero-order valence-corrected chi connectivity index (χ0v) is 13.1. The van der Waals surface area contributed by atoms with E-state index in [1.807, 2.05) is 17.2 Å². The number of hydrogen-bond donors (Lipinski definition) is 1. The fraction of sp³-hybridized carbons (Fsp3) is 0.667. The van der Waals surface area contributed by atoms with E-state index >= 15 is 0 Å². The number of thiazole rings is 1. The lowest BCUT2D eigenvalue weighted by Gasteiger charge is -2.31. The summed E-state index contributed by atoms with van der Waals surface area (Å²) in [6, 6.07) is 0.353. The third kappa shape index (κ3) is 3.26. The van der Waals surface area contributed by atoms with Gasteiger partial charge in [0.15, 0.2) is 5.13 Å². The van der Waals surface area contributed by atoms with Crippen LogP contribution in [0.4, 0.5) is 5.13 Å². The molecule has 0 aromatic carbocycles. The molecule has 1 N–H and O–H groups in total. The number of hydrogen-bond acceptors (Lipinski definition) is 4. The highest BCUT2D eigenvalue weighted by molar-refractivity contribution is 7.13. The van der Waals surface area contributed by atoms with Crippen LogP contribution >= 0.6 is 11.3 Å². The lowest BCUT2D eigenvalue weighted by Crippen LogP contribution is -2.38. The lowest BCUT2D eigenvalue weighted by atomic mass is 9.94. The second-order valence-corrected chi connectivity index (χ2v) is 6.88. The largest absolute Gasteiger partial charge is 0.339 e. The van der Waals surface area contributed by atoms with Gasteiger partial charge in [0.1, 0.15) is 0 Å². The average molecular weight is 307 g/mol. The van der Waals surface area contributed by atoms with Crippen molar-refractivity contribution in [2.45, 2.75) is 51.5 Å². The van der Waals surface area contributed by atoms with Gasteiger partial charge in [-0.25, -0.2) is 4.98 Å². The third-order valence-electron chi connectivity index (χ3n) is 4.39. The summed E-state index contributed by atoms with van der Waals surface area (Å²) in [6.07, 6.45) is 6.18. The van der Waals surface area contributed by atoms with E-state index in [0.29, 0.717) is 24.1 Å². The van der Waals surface area contributed by atoms with Crippen LogP contribution in [0, 0.1) is 12.8 Å². The number of likely N-dealkylation sites (tertiary alicyclic amines) is 1. The minimum absolute atomic E-state index is 0.0731. The number of anilines is 1. The van der Waals surface area contributed by atoms with Gasteiger partial charge in [0.2, 0.25) is 11.8 Å². The monoisotopic (exact) mass is 307 g/mol. The van der Waals surface area contributed by atoms with Crippen LogP contribution in [-0.2, 0) is 9.59 Å². The predicted octanol–water partition coefficient (Wildman–Crippen LogP) is 2.57. The molecule has 0 bridgehead atoms. The van der Waals surface area contributed by atoms with E-state index in [-0.39, 0.29) is 17.7 Å². The smallest absolute Gasteiger partial charge is 0.231 e. The van der Waals surface area contributed by atoms with E-state index in [9.17, 15) is 9.59 Å². The maximum absolute atomic E-state index is 12.3. The number of aryl methyl sites for hydroxylation is 1. The molecule has 1 aliphatic heterocycles. The van der Waals surface area contributed by atoms with Crippen LogP contribution in [0.15, 0.2) is 5.38 Å². The quantitative estimate of drug-likeness (QED) is 0.933. The molecule has 1 saturated carbocycles. The first-order valence-corrected chi connectivity index (χ1v) is 8.54. The highest BCUT2D eigenvalue weighted by Crippen LogP contribution is 2.29. The van der Waals surface area contributed by atoms with Crippen molar-refractivity contribution >= 4 is 28.3 Å². The van der Waals surface area contributed by atoms with Gasteiger partial charge in [0, 0.05) is 24.4 Å². The van der Waals surface area contributed by atoms with Gasteiger partial charge in [-0.15, -0.1) is 11.3 Å². The number of amides is 2. The van der Waals surface area contributed by atoms with Crippen LogP contribution < -0.4 is 5.32 Å². The Morgan fingerprint density at radius 1 is 1.38 bits per heavy atom. The average Bonchev–Trinajstić information content (AvgIpc) is 3.06. The highest BCUT2D eigenvalue weighted by atomic mass is 32.1. The molecule has 2 aliphatic rings. The molecule has 21 heavy (non-hydrogen) atoms. The Bertz CT molecular complexity index is 537. The van der Waals surface area contributed by atoms with Crippen molar-refractivity contribution in [2.24, 2.45) is 5.92 Å². The topological polar surface area (TPSA) is 62.3 Å². The Morgan fingerprint density at radius 2 is 2.14 bits per heavy atom. The Kier molecular flexibility index (Phi) is 4.24. The van der Waals surface area contributed by atoms with Crippen LogP contribution in [0.2, 0.25) is 0 Å². The van der Waals surface area contributed by atoms with Gasteiger partial charge < -0.3 is 10.2 Å². The maximum Gasteiger partial charge on any atom is 0.231 e. The molecule has 2 fully saturated rings. The molecule has 1 atom stereocenters. The summed E-state index contributed by atoms with van der Waals surface area (Å²) in [5.74, 6) is -0.169. The van der Waals surface area contributed by atoms with Crippen molar-refractivity contribution in [3.05, 3.63) is 11.1 Å². The van der Waals surface area contributed by atoms with Crippen molar-refractivity contribution in [3.8, 4) is 0 Å². The molecule has 1 aliphatic carbocycles. The zero-order valence-electron chi connectivity index (χ0n) is 12.3. The molecule has 114 valence electrons. The van der Waals surface area contributed by atoms with Crippen molar-refractivity contribution in [3.63, 3.8) is 0 Å². The standard InChI is InChI=1S/C15H21N3O2S/c1-10-9-21-15(16-10)17-14(20)11-7-13(19)18(8-11)12-5-3-2-4-6-12/h9,11-12H,2-8H2,1H3,(H,16,17,20). The Hall–Kier alpha value is -1.43. The van der Waals surface area contributed by atoms with Crippen molar-refractivity contribution in [1.29, 1.82) is 0 Å². The molecule has 2 heterocycles. The molecule has 5 nitrogen and oxygen atoms in total. The van der Waals surface area contributed by atoms with Gasteiger partial charge in [-0.3, -0.25) is 9.59 Å². The summed E-state index contributed by atoms with van der Waals surface area (Å²) in [6.45, 7) is 2.47. The van der Waals surface area contributed by atoms with Crippen LogP contribution in [0.3, 0.4) is 0 Å². The summed E-state index contributed by atoms with van der Waals surface area (Å²) in [5, 5.41) is 5.37. The zero-order chi connectivity index (χ0) is 14.8. The number of aromatic nitrogens is 1. The molecule has 1 unspecified atom stereocenters. The van der Waals surface area contributed by atoms with E-state index in [1.54, 1.807) is 0 Å². The Labute approximate surface area is 128 Å². The summed E-state index contributed by atoms with van der Waals surface area (Å²) in [7, 11) is 0. The number of carbonyl (C=O) groups is 2. The van der Waals surface area contributed by atoms with Crippen LogP contribution in [0.1, 0.15) is 44.2 Å². The second kappa shape index (κ2) is 6.13. The minimum atomic E-state index is -0.233. The molecule has 1 aromatic rings. The van der Waals surface area contributed by atoms with E-state index in [0.717, 1.165) is 18.5 Å². The summed E-state index contributed by atoms with van der Waals surface area (Å²) >= 11 is 1.42. The number of carbonyl (C=O) groups excluding carboxylic acids is 2. The predicted molar refractivity (Wildman–Crippen MR) is 82.2 cm³/mol. The molecule has 1 aromatic heterocycles. The molecule has 0 spiro atoms. The first-order chi connectivity index (χ1) is 10.1. The molecule has 0 radical (unpaired) electrons. The van der Waals surface area contributed by atoms with E-state index in [1.165, 1.54) is 30.6 Å².